The molecular weight excluding hydrogens is 312 g/mol. The first-order valence-electron chi connectivity index (χ1n) is 8.34. The van der Waals surface area contributed by atoms with E-state index < -0.39 is 11.0 Å². The smallest absolute Gasteiger partial charge is 0.211 e. The molecule has 0 radical (unpaired) electrons. The number of thioether (sulfide) groups is 1. The molecule has 1 aromatic rings. The third kappa shape index (κ3) is 2.92. The molecule has 4 nitrogen and oxygen atoms in total. The predicted molar refractivity (Wildman–Crippen MR) is 90.2 cm³/mol. The summed E-state index contributed by atoms with van der Waals surface area (Å²) < 4.78 is 5.53. The van der Waals surface area contributed by atoms with E-state index in [1.165, 1.54) is 43.5 Å². The zero-order chi connectivity index (χ0) is 16.4. The van der Waals surface area contributed by atoms with Crippen molar-refractivity contribution in [1.82, 2.24) is 0 Å². The van der Waals surface area contributed by atoms with Crippen LogP contribution in [0.3, 0.4) is 0 Å². The fraction of sp³-hybridized carbons (Fsp3) is 0.556. The highest BCUT2D eigenvalue weighted by atomic mass is 32.2. The van der Waals surface area contributed by atoms with Crippen LogP contribution in [0.1, 0.15) is 66.2 Å². The van der Waals surface area contributed by atoms with Gasteiger partial charge in [-0.05, 0) is 18.2 Å². The molecule has 1 heterocycles. The number of aromatic hydroxyl groups is 1. The number of phenolic OH excluding ortho intramolecular Hbond substituents is 1. The van der Waals surface area contributed by atoms with Crippen molar-refractivity contribution in [2.45, 2.75) is 56.5 Å². The first-order valence-corrected chi connectivity index (χ1v) is 9.33. The Hall–Kier alpha value is -1.33. The Morgan fingerprint density at radius 2 is 1.91 bits per heavy atom. The van der Waals surface area contributed by atoms with Crippen LogP contribution in [0.25, 0.3) is 0 Å². The molecule has 0 aromatic heterocycles. The molecule has 2 unspecified atom stereocenters. The lowest BCUT2D eigenvalue weighted by Crippen LogP contribution is -2.34. The molecule has 1 N–H and O–H groups in total. The van der Waals surface area contributed by atoms with Gasteiger partial charge in [-0.1, -0.05) is 51.2 Å². The number of rotatable bonds is 8. The molecule has 1 fully saturated rings. The van der Waals surface area contributed by atoms with Crippen LogP contribution >= 0.6 is 11.8 Å². The van der Waals surface area contributed by atoms with Gasteiger partial charge in [-0.2, -0.15) is 0 Å². The van der Waals surface area contributed by atoms with Crippen LogP contribution in [0.5, 0.6) is 5.75 Å². The molecule has 1 aromatic carbocycles. The summed E-state index contributed by atoms with van der Waals surface area (Å²) in [6.45, 7) is 2.20. The minimum Gasteiger partial charge on any atom is -0.507 e. The van der Waals surface area contributed by atoms with Gasteiger partial charge in [-0.25, -0.2) is 0 Å². The van der Waals surface area contributed by atoms with Crippen molar-refractivity contribution >= 4 is 23.3 Å². The summed E-state index contributed by atoms with van der Waals surface area (Å²) in [5.74, 6) is 0.235. The number of ether oxygens (including phenoxy) is 1. The van der Waals surface area contributed by atoms with E-state index in [0.717, 1.165) is 18.6 Å². The van der Waals surface area contributed by atoms with Gasteiger partial charge in [0, 0.05) is 5.56 Å². The second-order valence-corrected chi connectivity index (χ2v) is 7.48. The first kappa shape index (κ1) is 16.5. The summed E-state index contributed by atoms with van der Waals surface area (Å²) in [5, 5.41) is 9.85. The molecule has 1 aliphatic carbocycles. The van der Waals surface area contributed by atoms with Crippen LogP contribution in [0.15, 0.2) is 18.2 Å². The van der Waals surface area contributed by atoms with Crippen LogP contribution in [0.2, 0.25) is 0 Å². The summed E-state index contributed by atoms with van der Waals surface area (Å²) >= 11 is 1.44. The number of carbonyl (C=O) groups excluding carboxylic acids is 2. The fourth-order valence-corrected chi connectivity index (χ4v) is 4.44. The average Bonchev–Trinajstić information content (AvgIpc) is 3.28. The molecule has 5 heteroatoms. The third-order valence-corrected chi connectivity index (χ3v) is 5.90. The van der Waals surface area contributed by atoms with Gasteiger partial charge in [0.1, 0.15) is 5.75 Å². The number of hydrogen-bond acceptors (Lipinski definition) is 5. The van der Waals surface area contributed by atoms with Crippen LogP contribution in [0.4, 0.5) is 0 Å². The topological polar surface area (TPSA) is 66.9 Å². The Morgan fingerprint density at radius 3 is 2.70 bits per heavy atom. The van der Waals surface area contributed by atoms with E-state index in [4.69, 9.17) is 4.74 Å². The molecule has 0 spiro atoms. The Kier molecular flexibility index (Phi) is 4.78. The van der Waals surface area contributed by atoms with Crippen molar-refractivity contribution in [2.24, 2.45) is 0 Å². The van der Waals surface area contributed by atoms with E-state index in [9.17, 15) is 14.7 Å². The van der Waals surface area contributed by atoms with Crippen molar-refractivity contribution in [3.8, 4) is 5.75 Å². The number of Topliss-reactive ketones (excluding diaryl/α,β-unsaturated/α-hetero) is 2. The largest absolute Gasteiger partial charge is 0.507 e. The van der Waals surface area contributed by atoms with E-state index in [-0.39, 0.29) is 22.9 Å². The third-order valence-electron chi connectivity index (χ3n) is 4.48. The molecule has 1 saturated heterocycles. The molecule has 0 bridgehead atoms. The zero-order valence-electron chi connectivity index (χ0n) is 13.3. The summed E-state index contributed by atoms with van der Waals surface area (Å²) in [4.78, 5) is 24.0. The molecule has 2 aliphatic rings. The lowest BCUT2D eigenvalue weighted by Gasteiger charge is -2.18. The summed E-state index contributed by atoms with van der Waals surface area (Å²) in [6, 6.07) is 4.62. The van der Waals surface area contributed by atoms with Crippen LogP contribution < -0.4 is 0 Å². The maximum atomic E-state index is 12.7. The Morgan fingerprint density at radius 1 is 1.17 bits per heavy atom. The van der Waals surface area contributed by atoms with Gasteiger partial charge in [-0.15, -0.1) is 11.8 Å². The van der Waals surface area contributed by atoms with Gasteiger partial charge in [0.15, 0.2) is 6.10 Å². The molecule has 0 saturated carbocycles. The first-order chi connectivity index (χ1) is 11.1. The Labute approximate surface area is 140 Å². The van der Waals surface area contributed by atoms with Crippen molar-refractivity contribution in [3.63, 3.8) is 0 Å². The number of unbranched alkanes of at least 4 members (excludes halogenated alkanes) is 5. The van der Waals surface area contributed by atoms with E-state index in [2.05, 4.69) is 6.92 Å². The summed E-state index contributed by atoms with van der Waals surface area (Å²) in [7, 11) is 0. The maximum absolute atomic E-state index is 12.7. The number of benzene rings is 1. The molecule has 2 atom stereocenters. The standard InChI is InChI=1S/C18H22O4S/c1-2-3-4-5-6-7-11-23-18-16(21)12-9-8-10-13(19)14(12)15(20)17(18)22-18/h8-10,17,19H,2-7,11H2,1H3. The quantitative estimate of drug-likeness (QED) is 0.576. The Balaban J connectivity index is 1.60. The van der Waals surface area contributed by atoms with Gasteiger partial charge in [-0.3, -0.25) is 9.59 Å². The van der Waals surface area contributed by atoms with Gasteiger partial charge >= 0.3 is 0 Å². The Bertz CT molecular complexity index is 627. The predicted octanol–water partition coefficient (Wildman–Crippen LogP) is 3.96. The van der Waals surface area contributed by atoms with Crippen molar-refractivity contribution in [1.29, 1.82) is 0 Å². The minimum atomic E-state index is -1.03. The molecule has 124 valence electrons. The highest BCUT2D eigenvalue weighted by Crippen LogP contribution is 2.54. The van der Waals surface area contributed by atoms with E-state index in [0.29, 0.717) is 5.56 Å². The number of fused-ring (bicyclic) bond motifs is 2. The number of carbonyl (C=O) groups is 2. The maximum Gasteiger partial charge on any atom is 0.211 e. The second kappa shape index (κ2) is 6.65. The fourth-order valence-electron chi connectivity index (χ4n) is 3.13. The molecule has 1 aliphatic heterocycles. The molecule has 3 rings (SSSR count). The van der Waals surface area contributed by atoms with E-state index in [1.807, 2.05) is 0 Å². The number of ketones is 2. The van der Waals surface area contributed by atoms with Gasteiger partial charge < -0.3 is 9.84 Å². The van der Waals surface area contributed by atoms with Gasteiger partial charge in [0.2, 0.25) is 16.5 Å². The van der Waals surface area contributed by atoms with Gasteiger partial charge in [0.05, 0.1) is 5.56 Å². The zero-order valence-corrected chi connectivity index (χ0v) is 14.2. The molecular formula is C18H22O4S. The lowest BCUT2D eigenvalue weighted by molar-refractivity contribution is 0.0909. The van der Waals surface area contributed by atoms with Crippen LogP contribution in [-0.4, -0.2) is 33.5 Å². The van der Waals surface area contributed by atoms with Crippen LogP contribution in [0, 0.1) is 0 Å². The highest BCUT2D eigenvalue weighted by molar-refractivity contribution is 8.01. The van der Waals surface area contributed by atoms with E-state index in [1.54, 1.807) is 12.1 Å². The molecule has 0 amide bonds. The summed E-state index contributed by atoms with van der Waals surface area (Å²) in [5.41, 5.74) is 0.412. The molecule has 23 heavy (non-hydrogen) atoms. The number of epoxide rings is 1. The van der Waals surface area contributed by atoms with Crippen molar-refractivity contribution in [2.75, 3.05) is 5.75 Å². The summed E-state index contributed by atoms with van der Waals surface area (Å²) in [6.07, 6.45) is 6.44. The monoisotopic (exact) mass is 334 g/mol. The minimum absolute atomic E-state index is 0.121. The number of phenols is 1. The highest BCUT2D eigenvalue weighted by Gasteiger charge is 2.69. The normalized spacial score (nSPS) is 25.2. The second-order valence-electron chi connectivity index (χ2n) is 6.17. The van der Waals surface area contributed by atoms with Crippen molar-refractivity contribution < 1.29 is 19.4 Å². The van der Waals surface area contributed by atoms with Gasteiger partial charge in [0.25, 0.3) is 0 Å². The SMILES string of the molecule is CCCCCCCCSC12OC1C(=O)c1c(O)cccc1C2=O. The van der Waals surface area contributed by atoms with Crippen molar-refractivity contribution in [3.05, 3.63) is 29.3 Å². The van der Waals surface area contributed by atoms with E-state index >= 15 is 0 Å². The number of hydrogen-bond donors (Lipinski definition) is 1. The average molecular weight is 334 g/mol. The van der Waals surface area contributed by atoms with Crippen LogP contribution in [-0.2, 0) is 4.74 Å². The lowest BCUT2D eigenvalue weighted by atomic mass is 9.88.